The molecule has 0 aliphatic heterocycles. The molecule has 2 N–H and O–H groups in total. The monoisotopic (exact) mass is 227 g/mol. The van der Waals surface area contributed by atoms with Crippen LogP contribution in [0.15, 0.2) is 41.4 Å². The molecule has 0 aliphatic rings. The first-order chi connectivity index (χ1) is 5.79. The molecule has 0 heterocycles. The molecule has 0 saturated heterocycles. The van der Waals surface area contributed by atoms with E-state index in [1.54, 1.807) is 0 Å². The second kappa shape index (κ2) is 4.75. The first-order valence-electron chi connectivity index (χ1n) is 3.47. The minimum atomic E-state index is -0.382. The molecule has 3 heteroatoms. The van der Waals surface area contributed by atoms with Gasteiger partial charge < -0.3 is 0 Å². The van der Waals surface area contributed by atoms with E-state index < -0.39 is 0 Å². The van der Waals surface area contributed by atoms with E-state index in [1.807, 2.05) is 35.3 Å². The van der Waals surface area contributed by atoms with Crippen LogP contribution in [0.5, 0.6) is 0 Å². The molecule has 62 valence electrons. The Morgan fingerprint density at radius 2 is 2.00 bits per heavy atom. The molecule has 0 atom stereocenters. The summed E-state index contributed by atoms with van der Waals surface area (Å²) in [7, 11) is 0. The molecule has 0 fully saturated rings. The van der Waals surface area contributed by atoms with Crippen molar-refractivity contribution in [3.63, 3.8) is 0 Å². The van der Waals surface area contributed by atoms with Crippen LogP contribution in [0.25, 0.3) is 0 Å². The maximum absolute atomic E-state index is 10.3. The second-order valence-corrected chi connectivity index (χ2v) is 4.19. The van der Waals surface area contributed by atoms with Gasteiger partial charge in [0.15, 0.2) is 0 Å². The summed E-state index contributed by atoms with van der Waals surface area (Å²) in [6.07, 6.45) is 1.41. The molecule has 0 unspecified atom stereocenters. The van der Waals surface area contributed by atoms with Crippen LogP contribution in [0, 0.1) is 0 Å². The van der Waals surface area contributed by atoms with Crippen molar-refractivity contribution in [1.29, 1.82) is 0 Å². The van der Waals surface area contributed by atoms with Crippen LogP contribution < -0.4 is 10.2 Å². The van der Waals surface area contributed by atoms with Gasteiger partial charge in [-0.25, -0.2) is 0 Å². The number of carbonyl (C=O) groups excluding carboxylic acids is 1. The fourth-order valence-corrected chi connectivity index (χ4v) is 2.09. The first kappa shape index (κ1) is 9.04. The third kappa shape index (κ3) is 3.37. The van der Waals surface area contributed by atoms with E-state index in [1.165, 1.54) is 10.5 Å². The Labute approximate surface area is 77.6 Å². The average Bonchev–Trinajstić information content (AvgIpc) is 2.05. The van der Waals surface area contributed by atoms with E-state index in [0.717, 1.165) is 0 Å². The molecule has 0 spiro atoms. The van der Waals surface area contributed by atoms with Gasteiger partial charge in [0.25, 0.3) is 0 Å². The molecule has 1 aromatic rings. The number of hydrogen-bond donors (Lipinski definition) is 1. The predicted molar refractivity (Wildman–Crippen MR) is 50.2 cm³/mol. The van der Waals surface area contributed by atoms with Gasteiger partial charge in [0.05, 0.1) is 0 Å². The van der Waals surface area contributed by atoms with Crippen LogP contribution in [-0.4, -0.2) is 20.9 Å². The van der Waals surface area contributed by atoms with Crippen LogP contribution in [0.4, 0.5) is 0 Å². The van der Waals surface area contributed by atoms with Crippen LogP contribution in [0.3, 0.4) is 0 Å². The van der Waals surface area contributed by atoms with Crippen molar-refractivity contribution >= 4 is 25.3 Å². The van der Waals surface area contributed by atoms with Gasteiger partial charge in [0.1, 0.15) is 0 Å². The van der Waals surface area contributed by atoms with Gasteiger partial charge in [-0.1, -0.05) is 0 Å². The van der Waals surface area contributed by atoms with Gasteiger partial charge in [0.2, 0.25) is 0 Å². The first-order valence-corrected chi connectivity index (χ1v) is 5.31. The van der Waals surface area contributed by atoms with Crippen molar-refractivity contribution in [2.75, 3.05) is 0 Å². The van der Waals surface area contributed by atoms with Crippen LogP contribution in [0.1, 0.15) is 0 Å². The number of benzene rings is 1. The van der Waals surface area contributed by atoms with Gasteiger partial charge in [-0.3, -0.25) is 0 Å². The van der Waals surface area contributed by atoms with Gasteiger partial charge in [0, 0.05) is 0 Å². The van der Waals surface area contributed by atoms with Gasteiger partial charge in [-0.05, 0) is 0 Å². The summed E-state index contributed by atoms with van der Waals surface area (Å²) in [5.74, 6) is -0.382. The zero-order valence-electron chi connectivity index (χ0n) is 6.44. The van der Waals surface area contributed by atoms with Crippen molar-refractivity contribution in [3.8, 4) is 0 Å². The van der Waals surface area contributed by atoms with E-state index in [2.05, 4.69) is 0 Å². The fraction of sp³-hybridized carbons (Fsp3) is 0. The number of rotatable bonds is 3. The van der Waals surface area contributed by atoms with E-state index in [-0.39, 0.29) is 20.9 Å². The summed E-state index contributed by atoms with van der Waals surface area (Å²) < 4.78 is 1.24. The number of carbonyl (C=O) groups is 1. The van der Waals surface area contributed by atoms with Crippen LogP contribution in [-0.2, 0) is 4.79 Å². The molecule has 0 aromatic heterocycles. The van der Waals surface area contributed by atoms with Crippen LogP contribution in [0.2, 0.25) is 0 Å². The van der Waals surface area contributed by atoms with Gasteiger partial charge in [-0.15, -0.1) is 0 Å². The molecule has 0 bridgehead atoms. The molecule has 12 heavy (non-hydrogen) atoms. The Bertz CT molecular complexity index is 282. The van der Waals surface area contributed by atoms with Gasteiger partial charge in [-0.2, -0.15) is 0 Å². The number of primary amides is 1. The maximum atomic E-state index is 10.3. The number of hydrogen-bond acceptors (Lipinski definition) is 1. The summed E-state index contributed by atoms with van der Waals surface area (Å²) in [5.41, 5.74) is 4.94. The molecular weight excluding hydrogens is 217 g/mol. The minimum absolute atomic E-state index is 0.219. The molecule has 1 rings (SSSR count). The fourth-order valence-electron chi connectivity index (χ4n) is 0.679. The average molecular weight is 226 g/mol. The number of nitrogens with two attached hydrogens (primary N) is 1. The van der Waals surface area contributed by atoms with E-state index in [4.69, 9.17) is 5.73 Å². The van der Waals surface area contributed by atoms with Crippen molar-refractivity contribution in [2.45, 2.75) is 0 Å². The normalized spacial score (nSPS) is 10.3. The Morgan fingerprint density at radius 3 is 2.58 bits per heavy atom. The molecule has 0 aliphatic carbocycles. The summed E-state index contributed by atoms with van der Waals surface area (Å²) in [6.45, 7) is 0. The summed E-state index contributed by atoms with van der Waals surface area (Å²) in [4.78, 5) is 12.2. The number of amides is 1. The Hall–Kier alpha value is -1.05. The summed E-state index contributed by atoms with van der Waals surface area (Å²) >= 11 is 0.219. The predicted octanol–water partition coefficient (Wildman–Crippen LogP) is 0.0151. The topological polar surface area (TPSA) is 43.1 Å². The van der Waals surface area contributed by atoms with Crippen molar-refractivity contribution in [1.82, 2.24) is 0 Å². The Morgan fingerprint density at radius 1 is 1.33 bits per heavy atom. The second-order valence-electron chi connectivity index (χ2n) is 2.14. The van der Waals surface area contributed by atoms with Crippen LogP contribution >= 0.6 is 0 Å². The molecule has 1 amide bonds. The molecule has 2 nitrogen and oxygen atoms in total. The Balaban J connectivity index is 2.49. The SMILES string of the molecule is NC(=O)C=C[Se]c1ccccc1. The van der Waals surface area contributed by atoms with E-state index in [0.29, 0.717) is 0 Å². The van der Waals surface area contributed by atoms with E-state index >= 15 is 0 Å². The van der Waals surface area contributed by atoms with Crippen molar-refractivity contribution < 1.29 is 4.79 Å². The zero-order chi connectivity index (χ0) is 8.81. The Kier molecular flexibility index (Phi) is 3.58. The third-order valence-corrected chi connectivity index (χ3v) is 2.89. The van der Waals surface area contributed by atoms with Crippen molar-refractivity contribution in [2.24, 2.45) is 5.73 Å². The summed E-state index contributed by atoms with van der Waals surface area (Å²) in [5, 5.41) is 0. The zero-order valence-corrected chi connectivity index (χ0v) is 8.15. The quantitative estimate of drug-likeness (QED) is 0.572. The molecular formula is C9H9NOSe. The summed E-state index contributed by atoms with van der Waals surface area (Å²) in [6, 6.07) is 10.00. The molecule has 0 radical (unpaired) electrons. The standard InChI is InChI=1S/C9H9NOSe/c10-9(11)6-7-12-8-4-2-1-3-5-8/h1-7H,(H2,10,11). The molecule has 0 saturated carbocycles. The molecule has 1 aromatic carbocycles. The van der Waals surface area contributed by atoms with E-state index in [9.17, 15) is 4.79 Å². The van der Waals surface area contributed by atoms with Gasteiger partial charge >= 0.3 is 77.2 Å². The van der Waals surface area contributed by atoms with Crippen molar-refractivity contribution in [3.05, 3.63) is 41.4 Å². The third-order valence-electron chi connectivity index (χ3n) is 1.18.